The highest BCUT2D eigenvalue weighted by Crippen LogP contribution is 2.29. The number of hydrogen-bond acceptors (Lipinski definition) is 4. The second-order valence-electron chi connectivity index (χ2n) is 5.39. The van der Waals surface area contributed by atoms with Crippen LogP contribution in [0.5, 0.6) is 5.75 Å². The first-order valence-corrected chi connectivity index (χ1v) is 8.98. The monoisotopic (exact) mass is 386 g/mol. The van der Waals surface area contributed by atoms with Crippen LogP contribution in [-0.2, 0) is 12.7 Å². The molecule has 5 nitrogen and oxygen atoms in total. The summed E-state index contributed by atoms with van der Waals surface area (Å²) in [5.41, 5.74) is -0.871. The zero-order valence-corrected chi connectivity index (χ0v) is 15.3. The van der Waals surface area contributed by atoms with Gasteiger partial charge in [0.15, 0.2) is 11.7 Å². The number of ether oxygens (including phenoxy) is 1. The van der Waals surface area contributed by atoms with E-state index in [2.05, 4.69) is 20.6 Å². The molecule has 1 atom stereocenters. The Balaban J connectivity index is 1.82. The molecule has 0 radical (unpaired) electrons. The Labute approximate surface area is 154 Å². The molecule has 0 aliphatic carbocycles. The average molecular weight is 386 g/mol. The third-order valence-corrected chi connectivity index (χ3v) is 4.32. The normalized spacial score (nSPS) is 13.3. The number of halogens is 3. The van der Waals surface area contributed by atoms with Crippen molar-refractivity contribution in [3.8, 4) is 5.75 Å². The Morgan fingerprint density at radius 3 is 2.58 bits per heavy atom. The van der Waals surface area contributed by atoms with E-state index in [4.69, 9.17) is 4.74 Å². The molecule has 9 heteroatoms. The molecule has 1 aromatic heterocycles. The first kappa shape index (κ1) is 20.0. The van der Waals surface area contributed by atoms with Crippen LogP contribution in [0.1, 0.15) is 24.0 Å². The van der Waals surface area contributed by atoms with Crippen molar-refractivity contribution in [2.45, 2.75) is 32.2 Å². The van der Waals surface area contributed by atoms with Gasteiger partial charge in [-0.05, 0) is 18.6 Å². The summed E-state index contributed by atoms with van der Waals surface area (Å²) < 4.78 is 43.6. The number of alkyl halides is 3. The molecule has 0 aliphatic heterocycles. The van der Waals surface area contributed by atoms with E-state index in [1.807, 2.05) is 37.3 Å². The number of hydrogen-bond donors (Lipinski definition) is 2. The molecule has 0 saturated heterocycles. The number of para-hydroxylation sites is 1. The van der Waals surface area contributed by atoms with Gasteiger partial charge in [-0.3, -0.25) is 4.99 Å². The molecule has 142 valence electrons. The van der Waals surface area contributed by atoms with E-state index >= 15 is 0 Å². The topological polar surface area (TPSA) is 58.5 Å². The summed E-state index contributed by atoms with van der Waals surface area (Å²) in [6, 6.07) is 9.49. The van der Waals surface area contributed by atoms with Crippen molar-refractivity contribution >= 4 is 17.3 Å². The summed E-state index contributed by atoms with van der Waals surface area (Å²) in [5, 5.41) is 7.42. The van der Waals surface area contributed by atoms with E-state index in [-0.39, 0.29) is 12.6 Å². The van der Waals surface area contributed by atoms with Crippen molar-refractivity contribution in [3.05, 3.63) is 46.4 Å². The lowest BCUT2D eigenvalue weighted by atomic mass is 10.2. The van der Waals surface area contributed by atoms with Gasteiger partial charge in [0.2, 0.25) is 0 Å². The van der Waals surface area contributed by atoms with E-state index in [0.29, 0.717) is 17.5 Å². The summed E-state index contributed by atoms with van der Waals surface area (Å²) >= 11 is 0.958. The Kier molecular flexibility index (Phi) is 7.26. The molecule has 0 fully saturated rings. The fraction of sp³-hybridized carbons (Fsp3) is 0.412. The van der Waals surface area contributed by atoms with Gasteiger partial charge in [0.1, 0.15) is 16.9 Å². The second-order valence-corrected chi connectivity index (χ2v) is 6.33. The molecule has 0 bridgehead atoms. The van der Waals surface area contributed by atoms with E-state index in [9.17, 15) is 13.2 Å². The first-order chi connectivity index (χ1) is 12.4. The Bertz CT molecular complexity index is 704. The molecular formula is C17H21F3N4OS. The number of thiazole rings is 1. The number of aromatic nitrogens is 1. The first-order valence-electron chi connectivity index (χ1n) is 8.10. The Morgan fingerprint density at radius 2 is 2.00 bits per heavy atom. The maximum Gasteiger partial charge on any atom is 0.434 e. The molecule has 0 amide bonds. The van der Waals surface area contributed by atoms with Crippen molar-refractivity contribution in [3.63, 3.8) is 0 Å². The third-order valence-electron chi connectivity index (χ3n) is 3.47. The van der Waals surface area contributed by atoms with Gasteiger partial charge < -0.3 is 15.4 Å². The highest BCUT2D eigenvalue weighted by Gasteiger charge is 2.33. The van der Waals surface area contributed by atoms with Crippen LogP contribution in [0.3, 0.4) is 0 Å². The minimum atomic E-state index is -4.42. The minimum absolute atomic E-state index is 0.0624. The fourth-order valence-corrected chi connectivity index (χ4v) is 2.81. The van der Waals surface area contributed by atoms with E-state index < -0.39 is 11.9 Å². The maximum absolute atomic E-state index is 12.6. The largest absolute Gasteiger partial charge is 0.489 e. The van der Waals surface area contributed by atoms with Crippen LogP contribution in [0.25, 0.3) is 0 Å². The van der Waals surface area contributed by atoms with Crippen molar-refractivity contribution in [2.75, 3.05) is 13.6 Å². The van der Waals surface area contributed by atoms with Crippen LogP contribution in [0.2, 0.25) is 0 Å². The predicted molar refractivity (Wildman–Crippen MR) is 96.5 cm³/mol. The number of nitrogens with zero attached hydrogens (tertiary/aromatic N) is 2. The van der Waals surface area contributed by atoms with Crippen LogP contribution in [0, 0.1) is 0 Å². The van der Waals surface area contributed by atoms with Crippen LogP contribution in [0.15, 0.2) is 40.7 Å². The van der Waals surface area contributed by atoms with Gasteiger partial charge in [-0.15, -0.1) is 11.3 Å². The van der Waals surface area contributed by atoms with Crippen LogP contribution in [-0.4, -0.2) is 30.6 Å². The summed E-state index contributed by atoms with van der Waals surface area (Å²) in [6.45, 7) is 2.69. The Morgan fingerprint density at radius 1 is 1.27 bits per heavy atom. The molecular weight excluding hydrogens is 365 g/mol. The highest BCUT2D eigenvalue weighted by atomic mass is 32.1. The minimum Gasteiger partial charge on any atom is -0.489 e. The molecule has 2 N–H and O–H groups in total. The lowest BCUT2D eigenvalue weighted by molar-refractivity contribution is -0.140. The van der Waals surface area contributed by atoms with Crippen LogP contribution >= 0.6 is 11.3 Å². The molecule has 1 unspecified atom stereocenters. The summed E-state index contributed by atoms with van der Waals surface area (Å²) in [6.07, 6.45) is -3.69. The number of guanidine groups is 1. The maximum atomic E-state index is 12.6. The molecule has 2 aromatic rings. The Hall–Kier alpha value is -2.29. The van der Waals surface area contributed by atoms with Crippen LogP contribution < -0.4 is 15.4 Å². The SMILES string of the molecule is CCC(CNC(=NC)NCc1nc(C(F)(F)F)cs1)Oc1ccccc1. The van der Waals surface area contributed by atoms with E-state index in [1.165, 1.54) is 0 Å². The smallest absolute Gasteiger partial charge is 0.434 e. The van der Waals surface area contributed by atoms with Gasteiger partial charge in [0, 0.05) is 12.4 Å². The van der Waals surface area contributed by atoms with E-state index in [1.54, 1.807) is 7.05 Å². The number of nitrogens with one attached hydrogen (secondary N) is 2. The van der Waals surface area contributed by atoms with Gasteiger partial charge in [-0.1, -0.05) is 25.1 Å². The fourth-order valence-electron chi connectivity index (χ4n) is 2.07. The van der Waals surface area contributed by atoms with E-state index in [0.717, 1.165) is 28.9 Å². The number of benzene rings is 1. The molecule has 26 heavy (non-hydrogen) atoms. The quantitative estimate of drug-likeness (QED) is 0.563. The molecule has 1 aromatic carbocycles. The lowest BCUT2D eigenvalue weighted by Gasteiger charge is -2.19. The zero-order valence-electron chi connectivity index (χ0n) is 14.5. The number of aliphatic imine (C=N–C) groups is 1. The van der Waals surface area contributed by atoms with Crippen molar-refractivity contribution in [1.82, 2.24) is 15.6 Å². The average Bonchev–Trinajstić information content (AvgIpc) is 3.11. The van der Waals surface area contributed by atoms with Gasteiger partial charge in [0.25, 0.3) is 0 Å². The van der Waals surface area contributed by atoms with Crippen LogP contribution in [0.4, 0.5) is 13.2 Å². The summed E-state index contributed by atoms with van der Waals surface area (Å²) in [5.74, 6) is 1.26. The standard InChI is InChI=1S/C17H21F3N4OS/c1-3-12(25-13-7-5-4-6-8-13)9-22-16(21-2)23-10-15-24-14(11-26-15)17(18,19)20/h4-8,11-12H,3,9-10H2,1-2H3,(H2,21,22,23). The summed E-state index contributed by atoms with van der Waals surface area (Å²) in [7, 11) is 1.59. The molecule has 1 heterocycles. The van der Waals surface area contributed by atoms with Gasteiger partial charge in [-0.2, -0.15) is 13.2 Å². The van der Waals surface area contributed by atoms with Crippen molar-refractivity contribution in [1.29, 1.82) is 0 Å². The number of rotatable bonds is 7. The second kappa shape index (κ2) is 9.42. The lowest BCUT2D eigenvalue weighted by Crippen LogP contribution is -2.42. The van der Waals surface area contributed by atoms with Gasteiger partial charge in [0.05, 0.1) is 13.1 Å². The molecule has 0 aliphatic rings. The highest BCUT2D eigenvalue weighted by molar-refractivity contribution is 7.09. The molecule has 0 spiro atoms. The molecule has 2 rings (SSSR count). The molecule has 0 saturated carbocycles. The summed E-state index contributed by atoms with van der Waals surface area (Å²) in [4.78, 5) is 7.64. The zero-order chi connectivity index (χ0) is 19.0. The van der Waals surface area contributed by atoms with Crippen molar-refractivity contribution < 1.29 is 17.9 Å². The third kappa shape index (κ3) is 6.21. The van der Waals surface area contributed by atoms with Crippen molar-refractivity contribution in [2.24, 2.45) is 4.99 Å². The van der Waals surface area contributed by atoms with Gasteiger partial charge in [-0.25, -0.2) is 4.98 Å². The predicted octanol–water partition coefficient (Wildman–Crippen LogP) is 3.68. The van der Waals surface area contributed by atoms with Gasteiger partial charge >= 0.3 is 6.18 Å².